The summed E-state index contributed by atoms with van der Waals surface area (Å²) in [5.41, 5.74) is 8.13. The van der Waals surface area contributed by atoms with Crippen LogP contribution in [0.1, 0.15) is 61.6 Å². The van der Waals surface area contributed by atoms with E-state index in [1.807, 2.05) is 48.5 Å². The minimum atomic E-state index is -0.482. The number of aryl methyl sites for hydroxylation is 1. The van der Waals surface area contributed by atoms with E-state index < -0.39 is 11.6 Å². The molecule has 1 saturated carbocycles. The first-order valence-electron chi connectivity index (χ1n) is 9.62. The van der Waals surface area contributed by atoms with Crippen molar-refractivity contribution in [3.8, 4) is 5.75 Å². The van der Waals surface area contributed by atoms with Gasteiger partial charge in [-0.25, -0.2) is 0 Å². The van der Waals surface area contributed by atoms with Crippen LogP contribution >= 0.6 is 0 Å². The minimum absolute atomic E-state index is 0.443. The molecule has 5 nitrogen and oxygen atoms in total. The summed E-state index contributed by atoms with van der Waals surface area (Å²) in [5, 5.41) is 4.21. The highest BCUT2D eigenvalue weighted by atomic mass is 16.5. The first-order chi connectivity index (χ1) is 13.2. The lowest BCUT2D eigenvalue weighted by molar-refractivity contribution is 0.191. The van der Waals surface area contributed by atoms with Crippen molar-refractivity contribution in [3.63, 3.8) is 0 Å². The Morgan fingerprint density at radius 1 is 1.07 bits per heavy atom. The van der Waals surface area contributed by atoms with E-state index in [-0.39, 0.29) is 0 Å². The van der Waals surface area contributed by atoms with Crippen molar-refractivity contribution in [2.45, 2.75) is 50.7 Å². The van der Waals surface area contributed by atoms with Crippen molar-refractivity contribution >= 4 is 0 Å². The van der Waals surface area contributed by atoms with Crippen molar-refractivity contribution in [1.29, 1.82) is 0 Å². The molecule has 2 N–H and O–H groups in total. The van der Waals surface area contributed by atoms with Gasteiger partial charge in [-0.1, -0.05) is 73.5 Å². The fraction of sp³-hybridized carbons (Fsp3) is 0.364. The number of ether oxygens (including phenoxy) is 1. The topological polar surface area (TPSA) is 74.2 Å². The Bertz CT molecular complexity index is 885. The molecular weight excluding hydrogens is 338 g/mol. The number of aromatic nitrogens is 2. The number of para-hydroxylation sites is 1. The molecule has 140 valence electrons. The number of hydrogen-bond acceptors (Lipinski definition) is 5. The molecule has 0 spiro atoms. The molecule has 0 bridgehead atoms. The zero-order valence-corrected chi connectivity index (χ0v) is 15.6. The maximum absolute atomic E-state index is 6.50. The number of rotatable bonds is 6. The van der Waals surface area contributed by atoms with E-state index in [0.29, 0.717) is 11.7 Å². The Kier molecular flexibility index (Phi) is 4.94. The molecule has 1 heterocycles. The lowest BCUT2D eigenvalue weighted by Gasteiger charge is -2.19. The average Bonchev–Trinajstić information content (AvgIpc) is 3.37. The largest absolute Gasteiger partial charge is 0.476 e. The van der Waals surface area contributed by atoms with Crippen LogP contribution in [0.2, 0.25) is 0 Å². The first-order valence-corrected chi connectivity index (χ1v) is 9.62. The maximum Gasteiger partial charge on any atom is 0.272 e. The van der Waals surface area contributed by atoms with Crippen molar-refractivity contribution in [1.82, 2.24) is 10.1 Å². The van der Waals surface area contributed by atoms with Gasteiger partial charge in [0.1, 0.15) is 5.75 Å². The van der Waals surface area contributed by atoms with Crippen molar-refractivity contribution in [2.75, 3.05) is 0 Å². The Morgan fingerprint density at radius 2 is 1.78 bits per heavy atom. The second kappa shape index (κ2) is 7.53. The molecule has 0 amide bonds. The van der Waals surface area contributed by atoms with Gasteiger partial charge in [0.15, 0.2) is 5.82 Å². The van der Waals surface area contributed by atoms with E-state index in [0.717, 1.165) is 49.0 Å². The smallest absolute Gasteiger partial charge is 0.272 e. The van der Waals surface area contributed by atoms with Gasteiger partial charge in [0.2, 0.25) is 6.10 Å². The summed E-state index contributed by atoms with van der Waals surface area (Å²) < 4.78 is 12.0. The van der Waals surface area contributed by atoms with E-state index in [1.54, 1.807) is 0 Å². The number of hydrogen-bond donors (Lipinski definition) is 1. The van der Waals surface area contributed by atoms with Gasteiger partial charge < -0.3 is 15.0 Å². The molecule has 1 fully saturated rings. The molecule has 0 radical (unpaired) electrons. The first kappa shape index (κ1) is 17.7. The average molecular weight is 363 g/mol. The summed E-state index contributed by atoms with van der Waals surface area (Å²) >= 11 is 0. The van der Waals surface area contributed by atoms with Crippen molar-refractivity contribution in [2.24, 2.45) is 5.73 Å². The Balaban J connectivity index is 1.70. The highest BCUT2D eigenvalue weighted by Crippen LogP contribution is 2.36. The van der Waals surface area contributed by atoms with E-state index in [9.17, 15) is 0 Å². The lowest BCUT2D eigenvalue weighted by Crippen LogP contribution is -2.34. The monoisotopic (exact) mass is 363 g/mol. The molecular formula is C22H25N3O2. The molecule has 2 aromatic carbocycles. The Morgan fingerprint density at radius 3 is 2.52 bits per heavy atom. The van der Waals surface area contributed by atoms with E-state index in [1.165, 1.54) is 0 Å². The third-order valence-electron chi connectivity index (χ3n) is 5.31. The zero-order chi connectivity index (χ0) is 18.7. The van der Waals surface area contributed by atoms with Crippen LogP contribution in [-0.4, -0.2) is 10.1 Å². The normalized spacial score (nSPS) is 17.0. The molecule has 1 aromatic heterocycles. The van der Waals surface area contributed by atoms with Gasteiger partial charge in [-0.2, -0.15) is 4.98 Å². The van der Waals surface area contributed by atoms with Crippen LogP contribution in [0.3, 0.4) is 0 Å². The molecule has 0 aliphatic heterocycles. The fourth-order valence-electron chi connectivity index (χ4n) is 3.70. The standard InChI is InChI=1S/C22H25N3O2/c1-2-16-10-6-7-13-18(16)26-19(17-11-4-3-5-12-17)20-24-21(25-27-20)22(23)14-8-9-15-22/h3-7,10-13,19H,2,8-9,14-15,23H2,1H3. The van der Waals surface area contributed by atoms with Crippen LogP contribution in [0.25, 0.3) is 0 Å². The van der Waals surface area contributed by atoms with Crippen molar-refractivity contribution < 1.29 is 9.26 Å². The third-order valence-corrected chi connectivity index (χ3v) is 5.31. The molecule has 1 aliphatic rings. The summed E-state index contributed by atoms with van der Waals surface area (Å²) in [6, 6.07) is 18.0. The molecule has 5 heteroatoms. The van der Waals surface area contributed by atoms with E-state index in [2.05, 4.69) is 23.1 Å². The van der Waals surface area contributed by atoms with Gasteiger partial charge in [0.25, 0.3) is 5.89 Å². The number of benzene rings is 2. The predicted octanol–water partition coefficient (Wildman–Crippen LogP) is 4.53. The van der Waals surface area contributed by atoms with Crippen LogP contribution in [-0.2, 0) is 12.0 Å². The minimum Gasteiger partial charge on any atom is -0.476 e. The molecule has 1 atom stereocenters. The van der Waals surface area contributed by atoms with Gasteiger partial charge in [-0.3, -0.25) is 0 Å². The maximum atomic E-state index is 6.50. The van der Waals surface area contributed by atoms with Crippen LogP contribution in [0.15, 0.2) is 59.1 Å². The van der Waals surface area contributed by atoms with Gasteiger partial charge in [-0.05, 0) is 30.9 Å². The van der Waals surface area contributed by atoms with Crippen molar-refractivity contribution in [3.05, 3.63) is 77.4 Å². The second-order valence-corrected chi connectivity index (χ2v) is 7.19. The quantitative estimate of drug-likeness (QED) is 0.696. The molecule has 27 heavy (non-hydrogen) atoms. The van der Waals surface area contributed by atoms with E-state index in [4.69, 9.17) is 15.0 Å². The lowest BCUT2D eigenvalue weighted by atomic mass is 9.98. The summed E-state index contributed by atoms with van der Waals surface area (Å²) in [5.74, 6) is 1.86. The Hall–Kier alpha value is -2.66. The van der Waals surface area contributed by atoms with E-state index >= 15 is 0 Å². The SMILES string of the molecule is CCc1ccccc1OC(c1ccccc1)c1nc(C2(N)CCCC2)no1. The highest BCUT2D eigenvalue weighted by molar-refractivity contribution is 5.35. The number of nitrogens with two attached hydrogens (primary N) is 1. The van der Waals surface area contributed by atoms with Crippen LogP contribution in [0.4, 0.5) is 0 Å². The number of nitrogens with zero attached hydrogens (tertiary/aromatic N) is 2. The molecule has 1 unspecified atom stereocenters. The molecule has 3 aromatic rings. The summed E-state index contributed by atoms with van der Waals surface area (Å²) in [6.07, 6.45) is 4.40. The molecule has 1 aliphatic carbocycles. The summed E-state index contributed by atoms with van der Waals surface area (Å²) in [4.78, 5) is 4.66. The van der Waals surface area contributed by atoms with Gasteiger partial charge in [0, 0.05) is 5.56 Å². The van der Waals surface area contributed by atoms with Crippen LogP contribution in [0, 0.1) is 0 Å². The van der Waals surface area contributed by atoms with Gasteiger partial charge >= 0.3 is 0 Å². The van der Waals surface area contributed by atoms with Crippen LogP contribution in [0.5, 0.6) is 5.75 Å². The Labute approximate surface area is 159 Å². The summed E-state index contributed by atoms with van der Waals surface area (Å²) in [7, 11) is 0. The molecule has 4 rings (SSSR count). The van der Waals surface area contributed by atoms with Gasteiger partial charge in [0.05, 0.1) is 5.54 Å². The van der Waals surface area contributed by atoms with Gasteiger partial charge in [-0.15, -0.1) is 0 Å². The van der Waals surface area contributed by atoms with Crippen LogP contribution < -0.4 is 10.5 Å². The fourth-order valence-corrected chi connectivity index (χ4v) is 3.70. The third kappa shape index (κ3) is 3.60. The highest BCUT2D eigenvalue weighted by Gasteiger charge is 2.37. The summed E-state index contributed by atoms with van der Waals surface area (Å²) in [6.45, 7) is 2.11. The predicted molar refractivity (Wildman–Crippen MR) is 103 cm³/mol. The molecule has 0 saturated heterocycles. The zero-order valence-electron chi connectivity index (χ0n) is 15.6. The second-order valence-electron chi connectivity index (χ2n) is 7.19.